The molecule has 2 saturated heterocycles. The number of nitrogens with one attached hydrogen (secondary N) is 2. The molecule has 0 radical (unpaired) electrons. The third kappa shape index (κ3) is 4.89. The molecule has 144 valence electrons. The van der Waals surface area contributed by atoms with Crippen LogP contribution < -0.4 is 20.3 Å². The molecule has 0 bridgehead atoms. The van der Waals surface area contributed by atoms with E-state index in [0.29, 0.717) is 31.4 Å². The number of nitrogens with zero attached hydrogens (tertiary/aromatic N) is 1. The predicted molar refractivity (Wildman–Crippen MR) is 104 cm³/mol. The van der Waals surface area contributed by atoms with Crippen LogP contribution >= 0.6 is 12.4 Å². The van der Waals surface area contributed by atoms with Crippen LogP contribution in [0.2, 0.25) is 0 Å². The number of benzene rings is 1. The molecule has 6 nitrogen and oxygen atoms in total. The van der Waals surface area contributed by atoms with E-state index in [0.717, 1.165) is 31.6 Å². The van der Waals surface area contributed by atoms with Gasteiger partial charge < -0.3 is 20.3 Å². The second kappa shape index (κ2) is 9.78. The Bertz CT molecular complexity index is 620. The van der Waals surface area contributed by atoms with Crippen LogP contribution in [0.5, 0.6) is 5.75 Å². The molecule has 0 spiro atoms. The molecule has 0 aliphatic carbocycles. The zero-order chi connectivity index (χ0) is 17.6. The summed E-state index contributed by atoms with van der Waals surface area (Å²) >= 11 is 0. The highest BCUT2D eigenvalue weighted by Crippen LogP contribution is 2.33. The maximum absolute atomic E-state index is 12.5. The summed E-state index contributed by atoms with van der Waals surface area (Å²) in [5.74, 6) is 0.845. The number of anilines is 1. The van der Waals surface area contributed by atoms with Gasteiger partial charge in [-0.1, -0.05) is 12.1 Å². The molecule has 2 unspecified atom stereocenters. The molecule has 1 aromatic carbocycles. The Morgan fingerprint density at radius 3 is 2.92 bits per heavy atom. The topological polar surface area (TPSA) is 70.7 Å². The van der Waals surface area contributed by atoms with Crippen molar-refractivity contribution >= 4 is 29.9 Å². The van der Waals surface area contributed by atoms with E-state index in [2.05, 4.69) is 10.6 Å². The molecule has 2 amide bonds. The van der Waals surface area contributed by atoms with Gasteiger partial charge in [0.2, 0.25) is 11.8 Å². The standard InChI is InChI=1S/C19H27N3O3.ClH/c1-2-25-17-8-4-3-7-16(17)22-13-15(10-18(22)23)19(24)21-12-14-6-5-9-20-11-14;/h3-4,7-8,14-15,20H,2,5-6,9-13H2,1H3,(H,21,24);1H. The lowest BCUT2D eigenvalue weighted by atomic mass is 9.99. The largest absolute Gasteiger partial charge is 0.492 e. The van der Waals surface area contributed by atoms with Crippen molar-refractivity contribution in [2.45, 2.75) is 26.2 Å². The fourth-order valence-electron chi connectivity index (χ4n) is 3.56. The average molecular weight is 382 g/mol. The molecular formula is C19H28ClN3O3. The Labute approximate surface area is 161 Å². The van der Waals surface area contributed by atoms with Crippen LogP contribution in [0.25, 0.3) is 0 Å². The third-order valence-electron chi connectivity index (χ3n) is 4.92. The molecule has 3 rings (SSSR count). The van der Waals surface area contributed by atoms with Crippen LogP contribution in [0.4, 0.5) is 5.69 Å². The van der Waals surface area contributed by atoms with Gasteiger partial charge in [0, 0.05) is 19.5 Å². The molecule has 7 heteroatoms. The molecule has 2 N–H and O–H groups in total. The van der Waals surface area contributed by atoms with E-state index >= 15 is 0 Å². The maximum Gasteiger partial charge on any atom is 0.227 e. The van der Waals surface area contributed by atoms with Crippen LogP contribution in [0, 0.1) is 11.8 Å². The summed E-state index contributed by atoms with van der Waals surface area (Å²) in [5.41, 5.74) is 0.751. The van der Waals surface area contributed by atoms with Gasteiger partial charge in [0.1, 0.15) is 5.75 Å². The molecule has 2 heterocycles. The van der Waals surface area contributed by atoms with Gasteiger partial charge in [-0.15, -0.1) is 12.4 Å². The summed E-state index contributed by atoms with van der Waals surface area (Å²) in [6.45, 7) is 5.58. The molecule has 2 fully saturated rings. The Hall–Kier alpha value is -1.79. The van der Waals surface area contributed by atoms with E-state index in [1.807, 2.05) is 31.2 Å². The van der Waals surface area contributed by atoms with Gasteiger partial charge in [-0.25, -0.2) is 0 Å². The van der Waals surface area contributed by atoms with Gasteiger partial charge in [0.25, 0.3) is 0 Å². The number of amides is 2. The number of piperidine rings is 1. The van der Waals surface area contributed by atoms with E-state index in [9.17, 15) is 9.59 Å². The first kappa shape index (κ1) is 20.5. The van der Waals surface area contributed by atoms with Crippen molar-refractivity contribution in [2.24, 2.45) is 11.8 Å². The number of halogens is 1. The first-order chi connectivity index (χ1) is 12.2. The van der Waals surface area contributed by atoms with E-state index in [4.69, 9.17) is 4.74 Å². The highest BCUT2D eigenvalue weighted by molar-refractivity contribution is 6.01. The van der Waals surface area contributed by atoms with Crippen molar-refractivity contribution in [1.82, 2.24) is 10.6 Å². The van der Waals surface area contributed by atoms with Crippen LogP contribution in [0.1, 0.15) is 26.2 Å². The van der Waals surface area contributed by atoms with Gasteiger partial charge in [-0.2, -0.15) is 0 Å². The second-order valence-corrected chi connectivity index (χ2v) is 6.76. The van der Waals surface area contributed by atoms with Crippen molar-refractivity contribution in [1.29, 1.82) is 0 Å². The fourth-order valence-corrected chi connectivity index (χ4v) is 3.56. The molecule has 2 atom stereocenters. The molecule has 2 aliphatic rings. The summed E-state index contributed by atoms with van der Waals surface area (Å²) < 4.78 is 5.62. The van der Waals surface area contributed by atoms with Gasteiger partial charge in [0.15, 0.2) is 0 Å². The van der Waals surface area contributed by atoms with E-state index < -0.39 is 0 Å². The van der Waals surface area contributed by atoms with Crippen molar-refractivity contribution in [3.05, 3.63) is 24.3 Å². The number of carbonyl (C=O) groups is 2. The first-order valence-corrected chi connectivity index (χ1v) is 9.19. The zero-order valence-corrected chi connectivity index (χ0v) is 16.0. The average Bonchev–Trinajstić information content (AvgIpc) is 3.03. The third-order valence-corrected chi connectivity index (χ3v) is 4.92. The highest BCUT2D eigenvalue weighted by Gasteiger charge is 2.36. The molecular weight excluding hydrogens is 354 g/mol. The lowest BCUT2D eigenvalue weighted by Crippen LogP contribution is -2.40. The van der Waals surface area contributed by atoms with Crippen molar-refractivity contribution in [3.63, 3.8) is 0 Å². The van der Waals surface area contributed by atoms with Gasteiger partial charge >= 0.3 is 0 Å². The maximum atomic E-state index is 12.5. The monoisotopic (exact) mass is 381 g/mol. The minimum Gasteiger partial charge on any atom is -0.492 e. The minimum absolute atomic E-state index is 0. The molecule has 2 aliphatic heterocycles. The Morgan fingerprint density at radius 2 is 2.19 bits per heavy atom. The molecule has 0 aromatic heterocycles. The highest BCUT2D eigenvalue weighted by atomic mass is 35.5. The smallest absolute Gasteiger partial charge is 0.227 e. The molecule has 0 saturated carbocycles. The lowest BCUT2D eigenvalue weighted by Gasteiger charge is -2.23. The van der Waals surface area contributed by atoms with E-state index in [-0.39, 0.29) is 36.6 Å². The Balaban J connectivity index is 0.00000243. The Morgan fingerprint density at radius 1 is 1.38 bits per heavy atom. The SMILES string of the molecule is CCOc1ccccc1N1CC(C(=O)NCC2CCCNC2)CC1=O.Cl. The number of hydrogen-bond donors (Lipinski definition) is 2. The van der Waals surface area contributed by atoms with Crippen molar-refractivity contribution < 1.29 is 14.3 Å². The Kier molecular flexibility index (Phi) is 7.72. The van der Waals surface area contributed by atoms with E-state index in [1.54, 1.807) is 4.90 Å². The van der Waals surface area contributed by atoms with Gasteiger partial charge in [-0.3, -0.25) is 9.59 Å². The van der Waals surface area contributed by atoms with Crippen molar-refractivity contribution in [3.8, 4) is 5.75 Å². The zero-order valence-electron chi connectivity index (χ0n) is 15.2. The first-order valence-electron chi connectivity index (χ1n) is 9.19. The summed E-state index contributed by atoms with van der Waals surface area (Å²) in [4.78, 5) is 26.6. The van der Waals surface area contributed by atoms with E-state index in [1.165, 1.54) is 0 Å². The number of rotatable bonds is 6. The summed E-state index contributed by atoms with van der Waals surface area (Å²) in [6, 6.07) is 7.50. The summed E-state index contributed by atoms with van der Waals surface area (Å²) in [6.07, 6.45) is 2.56. The quantitative estimate of drug-likeness (QED) is 0.790. The van der Waals surface area contributed by atoms with Gasteiger partial charge in [-0.05, 0) is 50.9 Å². The van der Waals surface area contributed by atoms with Crippen LogP contribution in [0.3, 0.4) is 0 Å². The molecule has 1 aromatic rings. The second-order valence-electron chi connectivity index (χ2n) is 6.76. The number of hydrogen-bond acceptors (Lipinski definition) is 4. The minimum atomic E-state index is -0.293. The van der Waals surface area contributed by atoms with Gasteiger partial charge in [0.05, 0.1) is 18.2 Å². The lowest BCUT2D eigenvalue weighted by molar-refractivity contribution is -0.126. The molecule has 26 heavy (non-hydrogen) atoms. The summed E-state index contributed by atoms with van der Waals surface area (Å²) in [5, 5.41) is 6.39. The van der Waals surface area contributed by atoms with Crippen LogP contribution in [-0.2, 0) is 9.59 Å². The number of ether oxygens (including phenoxy) is 1. The normalized spacial score (nSPS) is 22.7. The number of carbonyl (C=O) groups excluding carboxylic acids is 2. The van der Waals surface area contributed by atoms with Crippen LogP contribution in [-0.4, -0.2) is 44.6 Å². The predicted octanol–water partition coefficient (Wildman–Crippen LogP) is 1.98. The van der Waals surface area contributed by atoms with Crippen LogP contribution in [0.15, 0.2) is 24.3 Å². The van der Waals surface area contributed by atoms with Crippen molar-refractivity contribution in [2.75, 3.05) is 37.7 Å². The summed E-state index contributed by atoms with van der Waals surface area (Å²) in [7, 11) is 0. The number of para-hydroxylation sites is 2. The fraction of sp³-hybridized carbons (Fsp3) is 0.579.